The highest BCUT2D eigenvalue weighted by Gasteiger charge is 2.50. The first kappa shape index (κ1) is 19.7. The molecule has 0 spiro atoms. The fraction of sp³-hybridized carbons (Fsp3) is 0.278. The molecule has 2 aromatic rings. The Balaban J connectivity index is 2.09. The number of rotatable bonds is 6. The zero-order valence-electron chi connectivity index (χ0n) is 14.8. The Hall–Kier alpha value is -3.01. The van der Waals surface area contributed by atoms with E-state index in [4.69, 9.17) is 16.2 Å². The lowest BCUT2D eigenvalue weighted by atomic mass is 9.99. The number of ether oxygens (including phenoxy) is 1. The Labute approximate surface area is 157 Å². The van der Waals surface area contributed by atoms with Gasteiger partial charge in [0.2, 0.25) is 0 Å². The number of nitrogens with two attached hydrogens (primary N) is 2. The van der Waals surface area contributed by atoms with Gasteiger partial charge in [0.15, 0.2) is 11.5 Å². The third kappa shape index (κ3) is 3.55. The summed E-state index contributed by atoms with van der Waals surface area (Å²) < 4.78 is 59.7. The monoisotopic (exact) mass is 398 g/mol. The van der Waals surface area contributed by atoms with E-state index >= 15 is 0 Å². The van der Waals surface area contributed by atoms with Gasteiger partial charge in [-0.15, -0.1) is 0 Å². The first-order valence-corrected chi connectivity index (χ1v) is 8.34. The Morgan fingerprint density at radius 2 is 2.00 bits per heavy atom. The Bertz CT molecular complexity index is 927. The molecule has 2 aromatic carbocycles. The van der Waals surface area contributed by atoms with Crippen LogP contribution in [-0.4, -0.2) is 19.1 Å². The van der Waals surface area contributed by atoms with Crippen LogP contribution in [0.2, 0.25) is 0 Å². The molecule has 6 N–H and O–H groups in total. The largest absolute Gasteiger partial charge is 0.416 e. The summed E-state index contributed by atoms with van der Waals surface area (Å²) in [7, 11) is 0. The summed E-state index contributed by atoms with van der Waals surface area (Å²) in [6.45, 7) is 2.13. The van der Waals surface area contributed by atoms with E-state index in [-0.39, 0.29) is 34.8 Å². The van der Waals surface area contributed by atoms with Crippen LogP contribution in [0.1, 0.15) is 28.4 Å². The quantitative estimate of drug-likeness (QED) is 0.340. The van der Waals surface area contributed by atoms with Gasteiger partial charge in [0, 0.05) is 12.1 Å². The number of alkyl halides is 3. The Morgan fingerprint density at radius 3 is 2.54 bits per heavy atom. The number of carbonyl (C=O) groups excluding carboxylic acids is 1. The van der Waals surface area contributed by atoms with Gasteiger partial charge >= 0.3 is 6.18 Å². The van der Waals surface area contributed by atoms with E-state index in [1.54, 1.807) is 6.92 Å². The number of primary amides is 1. The predicted octanol–water partition coefficient (Wildman–Crippen LogP) is 3.25. The molecule has 1 unspecified atom stereocenters. The molecular weight excluding hydrogens is 380 g/mol. The molecule has 0 bridgehead atoms. The molecule has 1 atom stereocenters. The molecule has 150 valence electrons. The fourth-order valence-corrected chi connectivity index (χ4v) is 2.92. The number of nitrogens with one attached hydrogen (secondary N) is 2. The van der Waals surface area contributed by atoms with E-state index in [0.717, 1.165) is 12.1 Å². The number of nitrogen functional groups attached to an aromatic ring is 1. The third-order valence-corrected chi connectivity index (χ3v) is 4.32. The zero-order valence-corrected chi connectivity index (χ0v) is 14.8. The predicted molar refractivity (Wildman–Crippen MR) is 96.2 cm³/mol. The second-order valence-corrected chi connectivity index (χ2v) is 6.29. The van der Waals surface area contributed by atoms with Crippen molar-refractivity contribution < 1.29 is 27.1 Å². The van der Waals surface area contributed by atoms with E-state index in [0.29, 0.717) is 6.54 Å². The number of epoxide rings is 1. The third-order valence-electron chi connectivity index (χ3n) is 4.32. The highest BCUT2D eigenvalue weighted by molar-refractivity contribution is 5.94. The summed E-state index contributed by atoms with van der Waals surface area (Å²) in [5.41, 5.74) is 8.34. The van der Waals surface area contributed by atoms with E-state index in [2.05, 4.69) is 10.6 Å². The van der Waals surface area contributed by atoms with Crippen molar-refractivity contribution in [1.29, 1.82) is 0 Å². The van der Waals surface area contributed by atoms with E-state index in [9.17, 15) is 22.4 Å². The van der Waals surface area contributed by atoms with Crippen molar-refractivity contribution in [3.63, 3.8) is 0 Å². The number of hydrogen-bond donors (Lipinski definition) is 4. The molecule has 0 aromatic heterocycles. The van der Waals surface area contributed by atoms with E-state index in [1.165, 1.54) is 18.2 Å². The average Bonchev–Trinajstić information content (AvgIpc) is 3.38. The number of amides is 1. The SMILES string of the molecule is CCNc1c(N)cc(C(F)(F)F)cc1C1(Nc2cccc(C(N)=O)c2F)CO1. The molecule has 1 heterocycles. The van der Waals surface area contributed by atoms with Crippen LogP contribution in [0, 0.1) is 5.82 Å². The molecule has 1 saturated heterocycles. The number of anilines is 3. The molecule has 1 fully saturated rings. The van der Waals surface area contributed by atoms with Crippen molar-refractivity contribution in [3.8, 4) is 0 Å². The smallest absolute Gasteiger partial charge is 0.397 e. The number of halogens is 4. The van der Waals surface area contributed by atoms with Crippen molar-refractivity contribution >= 4 is 23.0 Å². The van der Waals surface area contributed by atoms with Gasteiger partial charge in [0.25, 0.3) is 5.91 Å². The van der Waals surface area contributed by atoms with Crippen LogP contribution in [0.4, 0.5) is 34.6 Å². The van der Waals surface area contributed by atoms with Crippen LogP contribution < -0.4 is 22.1 Å². The number of carbonyl (C=O) groups is 1. The maximum atomic E-state index is 14.6. The van der Waals surface area contributed by atoms with Gasteiger partial charge in [0.05, 0.1) is 28.2 Å². The molecule has 3 rings (SSSR count). The lowest BCUT2D eigenvalue weighted by Crippen LogP contribution is -2.25. The lowest BCUT2D eigenvalue weighted by Gasteiger charge is -2.23. The van der Waals surface area contributed by atoms with Gasteiger partial charge in [-0.05, 0) is 31.2 Å². The minimum Gasteiger partial charge on any atom is -0.397 e. The molecule has 1 aliphatic rings. The highest BCUT2D eigenvalue weighted by atomic mass is 19.4. The summed E-state index contributed by atoms with van der Waals surface area (Å²) in [5.74, 6) is -1.89. The van der Waals surface area contributed by atoms with Gasteiger partial charge < -0.3 is 26.8 Å². The molecule has 28 heavy (non-hydrogen) atoms. The van der Waals surface area contributed by atoms with E-state index < -0.39 is 29.2 Å². The van der Waals surface area contributed by atoms with Gasteiger partial charge in [-0.2, -0.15) is 13.2 Å². The van der Waals surface area contributed by atoms with Crippen LogP contribution in [-0.2, 0) is 16.6 Å². The summed E-state index contributed by atoms with van der Waals surface area (Å²) in [4.78, 5) is 11.3. The van der Waals surface area contributed by atoms with Crippen molar-refractivity contribution in [2.75, 3.05) is 29.5 Å². The molecule has 1 aliphatic heterocycles. The van der Waals surface area contributed by atoms with Gasteiger partial charge in [-0.3, -0.25) is 4.79 Å². The first-order valence-electron chi connectivity index (χ1n) is 8.34. The second kappa shape index (κ2) is 6.86. The van der Waals surface area contributed by atoms with Crippen LogP contribution >= 0.6 is 0 Å². The Kier molecular flexibility index (Phi) is 4.84. The number of hydrogen-bond acceptors (Lipinski definition) is 5. The van der Waals surface area contributed by atoms with Crippen LogP contribution in [0.25, 0.3) is 0 Å². The molecule has 0 aliphatic carbocycles. The minimum atomic E-state index is -4.62. The zero-order chi connectivity index (χ0) is 20.7. The van der Waals surface area contributed by atoms with Gasteiger partial charge in [0.1, 0.15) is 6.61 Å². The fourth-order valence-electron chi connectivity index (χ4n) is 2.92. The minimum absolute atomic E-state index is 0.0214. The van der Waals surface area contributed by atoms with Crippen LogP contribution in [0.5, 0.6) is 0 Å². The lowest BCUT2D eigenvalue weighted by molar-refractivity contribution is -0.137. The van der Waals surface area contributed by atoms with Crippen LogP contribution in [0.3, 0.4) is 0 Å². The molecular formula is C18H18F4N4O2. The molecule has 1 amide bonds. The summed E-state index contributed by atoms with van der Waals surface area (Å²) in [6, 6.07) is 5.66. The number of benzene rings is 2. The van der Waals surface area contributed by atoms with Crippen molar-refractivity contribution in [3.05, 3.63) is 52.8 Å². The van der Waals surface area contributed by atoms with E-state index in [1.807, 2.05) is 0 Å². The molecule has 10 heteroatoms. The maximum Gasteiger partial charge on any atom is 0.416 e. The normalized spacial score (nSPS) is 18.6. The standard InChI is InChI=1S/C18H18F4N4O2/c1-2-25-15-11(6-9(7-12(15)23)18(20,21)22)17(8-28-17)26-13-5-3-4-10(14(13)19)16(24)27/h3-7,25-26H,2,8,23H2,1H3,(H2,24,27). The molecule has 0 saturated carbocycles. The van der Waals surface area contributed by atoms with Crippen molar-refractivity contribution in [1.82, 2.24) is 0 Å². The summed E-state index contributed by atoms with van der Waals surface area (Å²) in [5, 5.41) is 5.67. The average molecular weight is 398 g/mol. The highest BCUT2D eigenvalue weighted by Crippen LogP contribution is 2.47. The Morgan fingerprint density at radius 1 is 1.32 bits per heavy atom. The second-order valence-electron chi connectivity index (χ2n) is 6.29. The van der Waals surface area contributed by atoms with Crippen molar-refractivity contribution in [2.45, 2.75) is 18.8 Å². The summed E-state index contributed by atoms with van der Waals surface area (Å²) >= 11 is 0. The maximum absolute atomic E-state index is 14.6. The van der Waals surface area contributed by atoms with Gasteiger partial charge in [-0.1, -0.05) is 6.07 Å². The molecule has 6 nitrogen and oxygen atoms in total. The van der Waals surface area contributed by atoms with Crippen LogP contribution in [0.15, 0.2) is 30.3 Å². The molecule has 0 radical (unpaired) electrons. The van der Waals surface area contributed by atoms with Crippen molar-refractivity contribution in [2.24, 2.45) is 5.73 Å². The topological polar surface area (TPSA) is 106 Å². The summed E-state index contributed by atoms with van der Waals surface area (Å²) in [6.07, 6.45) is -4.62. The first-order chi connectivity index (χ1) is 13.1. The van der Waals surface area contributed by atoms with Gasteiger partial charge in [-0.25, -0.2) is 4.39 Å².